The number of hydrogen-bond acceptors (Lipinski definition) is 4. The number of halogens is 1. The largest absolute Gasteiger partial charge is 0.371 e. The molecular weight excluding hydrogens is 404 g/mol. The van der Waals surface area contributed by atoms with Gasteiger partial charge in [0.05, 0.1) is 5.52 Å². The van der Waals surface area contributed by atoms with Crippen LogP contribution in [-0.4, -0.2) is 34.5 Å². The van der Waals surface area contributed by atoms with Crippen molar-refractivity contribution >= 4 is 52.7 Å². The normalized spacial score (nSPS) is 14.8. The van der Waals surface area contributed by atoms with E-state index in [9.17, 15) is 4.79 Å². The first-order chi connectivity index (χ1) is 14.0. The molecule has 1 aliphatic rings. The number of fused-ring (bicyclic) bond motifs is 1. The zero-order chi connectivity index (χ0) is 20.4. The Morgan fingerprint density at radius 3 is 2.62 bits per heavy atom. The van der Waals surface area contributed by atoms with E-state index in [2.05, 4.69) is 28.0 Å². The smallest absolute Gasteiger partial charge is 0.331 e. The third kappa shape index (κ3) is 4.43. The first-order valence-electron chi connectivity index (χ1n) is 9.66. The summed E-state index contributed by atoms with van der Waals surface area (Å²) in [4.78, 5) is 19.3. The summed E-state index contributed by atoms with van der Waals surface area (Å²) in [7, 11) is 0. The molecule has 0 unspecified atom stereocenters. The molecule has 29 heavy (non-hydrogen) atoms. The van der Waals surface area contributed by atoms with Crippen molar-refractivity contribution in [3.05, 3.63) is 65.3 Å². The maximum Gasteiger partial charge on any atom is 0.331 e. The van der Waals surface area contributed by atoms with Crippen LogP contribution < -0.4 is 10.2 Å². The summed E-state index contributed by atoms with van der Waals surface area (Å²) < 4.78 is 1.53. The van der Waals surface area contributed by atoms with Crippen LogP contribution >= 0.6 is 24.4 Å². The van der Waals surface area contributed by atoms with E-state index in [4.69, 9.17) is 11.6 Å². The summed E-state index contributed by atoms with van der Waals surface area (Å²) in [5.74, 6) is 0. The van der Waals surface area contributed by atoms with Crippen LogP contribution in [0.4, 0.5) is 16.2 Å². The maximum atomic E-state index is 12.6. The quantitative estimate of drug-likeness (QED) is 0.540. The second-order valence-corrected chi connectivity index (χ2v) is 8.22. The molecule has 2 aromatic carbocycles. The fourth-order valence-electron chi connectivity index (χ4n) is 3.71. The predicted octanol–water partition coefficient (Wildman–Crippen LogP) is 5.54. The first-order valence-corrected chi connectivity index (χ1v) is 10.4. The molecule has 1 aromatic heterocycles. The molecule has 0 bridgehead atoms. The number of anilines is 2. The van der Waals surface area contributed by atoms with E-state index in [1.54, 1.807) is 0 Å². The zero-order valence-corrected chi connectivity index (χ0v) is 17.8. The van der Waals surface area contributed by atoms with Gasteiger partial charge in [0.15, 0.2) is 0 Å². The standard InChI is InChI=1S/C22H23ClN4OS/c1-15-2-5-17(6-3-15)25-22(28)27(29)18-9-12-26(13-10-18)21-8-11-24-20-7-4-16(23)14-19(20)21/h2-8,11,14,18,29H,9-10,12-13H2,1H3,(H,25,28). The Hall–Kier alpha value is -2.44. The Morgan fingerprint density at radius 2 is 1.90 bits per heavy atom. The van der Waals surface area contributed by atoms with Crippen molar-refractivity contribution < 1.29 is 4.79 Å². The van der Waals surface area contributed by atoms with E-state index >= 15 is 0 Å². The fourth-order valence-corrected chi connectivity index (χ4v) is 4.17. The molecule has 7 heteroatoms. The number of pyridine rings is 1. The Labute approximate surface area is 181 Å². The van der Waals surface area contributed by atoms with Gasteiger partial charge in [-0.25, -0.2) is 4.79 Å². The van der Waals surface area contributed by atoms with Gasteiger partial charge in [0.2, 0.25) is 0 Å². The van der Waals surface area contributed by atoms with Crippen molar-refractivity contribution in [1.29, 1.82) is 0 Å². The highest BCUT2D eigenvalue weighted by molar-refractivity contribution is 7.78. The molecule has 0 saturated carbocycles. The van der Waals surface area contributed by atoms with Crippen LogP contribution in [0.2, 0.25) is 5.02 Å². The average molecular weight is 427 g/mol. The van der Waals surface area contributed by atoms with Gasteiger partial charge in [-0.3, -0.25) is 9.29 Å². The molecule has 0 aliphatic carbocycles. The van der Waals surface area contributed by atoms with Gasteiger partial charge in [-0.2, -0.15) is 0 Å². The lowest BCUT2D eigenvalue weighted by Crippen LogP contribution is -2.44. The zero-order valence-electron chi connectivity index (χ0n) is 16.2. The average Bonchev–Trinajstić information content (AvgIpc) is 2.74. The molecule has 2 heterocycles. The molecule has 0 atom stereocenters. The monoisotopic (exact) mass is 426 g/mol. The third-order valence-corrected chi connectivity index (χ3v) is 6.09. The van der Waals surface area contributed by atoms with Crippen LogP contribution in [0.25, 0.3) is 10.9 Å². The van der Waals surface area contributed by atoms with Crippen LogP contribution in [0.1, 0.15) is 18.4 Å². The van der Waals surface area contributed by atoms with Crippen molar-refractivity contribution in [1.82, 2.24) is 9.29 Å². The number of nitrogens with one attached hydrogen (secondary N) is 1. The molecule has 1 fully saturated rings. The SMILES string of the molecule is Cc1ccc(NC(=O)N(S)C2CCN(c3ccnc4ccc(Cl)cc34)CC2)cc1. The number of nitrogens with zero attached hydrogens (tertiary/aromatic N) is 3. The van der Waals surface area contributed by atoms with E-state index < -0.39 is 0 Å². The minimum Gasteiger partial charge on any atom is -0.371 e. The molecule has 1 N–H and O–H groups in total. The van der Waals surface area contributed by atoms with Gasteiger partial charge in [0, 0.05) is 47.1 Å². The van der Waals surface area contributed by atoms with Crippen molar-refractivity contribution in [2.45, 2.75) is 25.8 Å². The summed E-state index contributed by atoms with van der Waals surface area (Å²) >= 11 is 10.7. The predicted molar refractivity (Wildman–Crippen MR) is 123 cm³/mol. The van der Waals surface area contributed by atoms with Crippen molar-refractivity contribution in [2.75, 3.05) is 23.3 Å². The number of amides is 2. The summed E-state index contributed by atoms with van der Waals surface area (Å²) in [5, 5.41) is 4.67. The molecular formula is C22H23ClN4OS. The van der Waals surface area contributed by atoms with Gasteiger partial charge < -0.3 is 10.2 Å². The van der Waals surface area contributed by atoms with E-state index in [1.807, 2.05) is 61.7 Å². The van der Waals surface area contributed by atoms with Gasteiger partial charge in [-0.05, 0) is 56.2 Å². The molecule has 1 aliphatic heterocycles. The number of hydrogen-bond donors (Lipinski definition) is 2. The van der Waals surface area contributed by atoms with Gasteiger partial charge in [0.25, 0.3) is 0 Å². The number of benzene rings is 2. The third-order valence-electron chi connectivity index (χ3n) is 5.34. The van der Waals surface area contributed by atoms with Gasteiger partial charge in [0.1, 0.15) is 0 Å². The van der Waals surface area contributed by atoms with Crippen LogP contribution in [0, 0.1) is 6.92 Å². The number of thiol groups is 1. The lowest BCUT2D eigenvalue weighted by Gasteiger charge is -2.37. The van der Waals surface area contributed by atoms with E-state index in [0.717, 1.165) is 53.8 Å². The lowest BCUT2D eigenvalue weighted by atomic mass is 10.0. The van der Waals surface area contributed by atoms with Crippen LogP contribution in [0.15, 0.2) is 54.7 Å². The fraction of sp³-hybridized carbons (Fsp3) is 0.273. The minimum atomic E-state index is -0.197. The molecule has 4 rings (SSSR count). The van der Waals surface area contributed by atoms with Crippen LogP contribution in [0.3, 0.4) is 0 Å². The topological polar surface area (TPSA) is 48.5 Å². The second kappa shape index (κ2) is 8.51. The molecule has 0 spiro atoms. The number of carbonyl (C=O) groups is 1. The van der Waals surface area contributed by atoms with Gasteiger partial charge >= 0.3 is 6.03 Å². The molecule has 2 amide bonds. The van der Waals surface area contributed by atoms with E-state index in [1.165, 1.54) is 4.31 Å². The highest BCUT2D eigenvalue weighted by Gasteiger charge is 2.27. The Bertz CT molecular complexity index is 1020. The van der Waals surface area contributed by atoms with Crippen LogP contribution in [0.5, 0.6) is 0 Å². The summed E-state index contributed by atoms with van der Waals surface area (Å²) in [6, 6.07) is 15.4. The number of piperidine rings is 1. The molecule has 5 nitrogen and oxygen atoms in total. The summed E-state index contributed by atoms with van der Waals surface area (Å²) in [5.41, 5.74) is 3.99. The number of aryl methyl sites for hydroxylation is 1. The number of urea groups is 1. The van der Waals surface area contributed by atoms with Crippen molar-refractivity contribution in [3.63, 3.8) is 0 Å². The highest BCUT2D eigenvalue weighted by Crippen LogP contribution is 2.31. The molecule has 3 aromatic rings. The molecule has 0 radical (unpaired) electrons. The second-order valence-electron chi connectivity index (χ2n) is 7.35. The van der Waals surface area contributed by atoms with Crippen molar-refractivity contribution in [3.8, 4) is 0 Å². The number of carbonyl (C=O) groups excluding carboxylic acids is 1. The van der Waals surface area contributed by atoms with Crippen LogP contribution in [-0.2, 0) is 0 Å². The van der Waals surface area contributed by atoms with Gasteiger partial charge in [-0.1, -0.05) is 42.1 Å². The summed E-state index contributed by atoms with van der Waals surface area (Å²) in [6.45, 7) is 3.70. The Balaban J connectivity index is 1.41. The first kappa shape index (κ1) is 19.9. The Kier molecular flexibility index (Phi) is 5.83. The Morgan fingerprint density at radius 1 is 1.17 bits per heavy atom. The maximum absolute atomic E-state index is 12.6. The summed E-state index contributed by atoms with van der Waals surface area (Å²) in [6.07, 6.45) is 3.52. The lowest BCUT2D eigenvalue weighted by molar-refractivity contribution is 0.223. The molecule has 1 saturated heterocycles. The minimum absolute atomic E-state index is 0.0803. The van der Waals surface area contributed by atoms with Gasteiger partial charge in [-0.15, -0.1) is 0 Å². The van der Waals surface area contributed by atoms with Crippen molar-refractivity contribution in [2.24, 2.45) is 0 Å². The number of aromatic nitrogens is 1. The highest BCUT2D eigenvalue weighted by atomic mass is 35.5. The van der Waals surface area contributed by atoms with E-state index in [-0.39, 0.29) is 12.1 Å². The van der Waals surface area contributed by atoms with E-state index in [0.29, 0.717) is 5.02 Å². The molecule has 150 valence electrons. The number of rotatable bonds is 3.